The highest BCUT2D eigenvalue weighted by molar-refractivity contribution is 5.76. The van der Waals surface area contributed by atoms with Crippen molar-refractivity contribution in [3.63, 3.8) is 0 Å². The molecular weight excluding hydrogens is 486 g/mol. The maximum Gasteiger partial charge on any atom is 0.416 e. The first-order valence-electron chi connectivity index (χ1n) is 10.5. The molecule has 0 saturated carbocycles. The molecule has 0 bridgehead atoms. The fourth-order valence-electron chi connectivity index (χ4n) is 3.54. The van der Waals surface area contributed by atoms with Gasteiger partial charge in [0.15, 0.2) is 0 Å². The average molecular weight is 508 g/mol. The lowest BCUT2D eigenvalue weighted by atomic mass is 10.1. The number of nitrogens with zero attached hydrogens (tertiary/aromatic N) is 3. The molecule has 35 heavy (non-hydrogen) atoms. The van der Waals surface area contributed by atoms with E-state index in [2.05, 4.69) is 10.4 Å². The summed E-state index contributed by atoms with van der Waals surface area (Å²) in [5, 5.41) is 16.2. The van der Waals surface area contributed by atoms with E-state index >= 15 is 0 Å². The number of carboxylic acid groups (broad SMARTS) is 1. The van der Waals surface area contributed by atoms with E-state index in [4.69, 9.17) is 4.74 Å². The Balaban J connectivity index is 1.71. The van der Waals surface area contributed by atoms with Gasteiger partial charge in [0.25, 0.3) is 0 Å². The van der Waals surface area contributed by atoms with Gasteiger partial charge in [-0.3, -0.25) is 4.68 Å². The zero-order valence-corrected chi connectivity index (χ0v) is 18.4. The Labute approximate surface area is 195 Å². The van der Waals surface area contributed by atoms with Crippen LogP contribution in [0.3, 0.4) is 0 Å². The van der Waals surface area contributed by atoms with Crippen molar-refractivity contribution in [2.45, 2.75) is 57.9 Å². The summed E-state index contributed by atoms with van der Waals surface area (Å²) in [5.41, 5.74) is -2.89. The number of aliphatic carboxylic acids is 1. The monoisotopic (exact) mass is 508 g/mol. The van der Waals surface area contributed by atoms with Crippen molar-refractivity contribution in [1.29, 1.82) is 0 Å². The largest absolute Gasteiger partial charge is 0.480 e. The molecule has 1 aromatic heterocycles. The summed E-state index contributed by atoms with van der Waals surface area (Å²) in [7, 11) is 0. The quantitative estimate of drug-likeness (QED) is 0.548. The topological polar surface area (TPSA) is 96.7 Å². The Morgan fingerprint density at radius 2 is 1.71 bits per heavy atom. The van der Waals surface area contributed by atoms with Crippen molar-refractivity contribution in [1.82, 2.24) is 14.7 Å². The molecule has 1 aliphatic rings. The number of carbonyl (C=O) groups excluding carboxylic acids is 1. The lowest BCUT2D eigenvalue weighted by Crippen LogP contribution is -2.31. The minimum Gasteiger partial charge on any atom is -0.480 e. The molecule has 3 rings (SSSR count). The van der Waals surface area contributed by atoms with E-state index in [1.807, 2.05) is 0 Å². The predicted octanol–water partition coefficient (Wildman–Crippen LogP) is 4.74. The van der Waals surface area contributed by atoms with Gasteiger partial charge >= 0.3 is 24.4 Å². The Morgan fingerprint density at radius 3 is 2.26 bits per heavy atom. The maximum absolute atomic E-state index is 13.0. The molecule has 0 spiro atoms. The molecule has 1 amide bonds. The van der Waals surface area contributed by atoms with Crippen LogP contribution in [0.25, 0.3) is 0 Å². The van der Waals surface area contributed by atoms with Crippen molar-refractivity contribution in [3.8, 4) is 0 Å². The van der Waals surface area contributed by atoms with Gasteiger partial charge in [-0.2, -0.15) is 31.4 Å². The number of amides is 1. The highest BCUT2D eigenvalue weighted by atomic mass is 19.4. The number of carboxylic acids is 1. The molecule has 14 heteroatoms. The predicted molar refractivity (Wildman–Crippen MR) is 109 cm³/mol. The summed E-state index contributed by atoms with van der Waals surface area (Å²) in [6.45, 7) is 1.53. The molecule has 0 aliphatic carbocycles. The molecule has 1 unspecified atom stereocenters. The third kappa shape index (κ3) is 6.57. The van der Waals surface area contributed by atoms with Crippen LogP contribution < -0.4 is 5.32 Å². The van der Waals surface area contributed by atoms with Gasteiger partial charge in [-0.25, -0.2) is 9.59 Å². The smallest absolute Gasteiger partial charge is 0.416 e. The van der Waals surface area contributed by atoms with Crippen molar-refractivity contribution in [3.05, 3.63) is 46.6 Å². The third-order valence-electron chi connectivity index (χ3n) is 5.31. The fourth-order valence-corrected chi connectivity index (χ4v) is 3.54. The first kappa shape index (κ1) is 26.2. The number of alkyl halides is 6. The number of hydrogen-bond donors (Lipinski definition) is 2. The van der Waals surface area contributed by atoms with Gasteiger partial charge in [0.05, 0.1) is 23.4 Å². The van der Waals surface area contributed by atoms with Crippen LogP contribution >= 0.6 is 0 Å². The van der Waals surface area contributed by atoms with Gasteiger partial charge in [0, 0.05) is 19.2 Å². The van der Waals surface area contributed by atoms with Gasteiger partial charge in [-0.1, -0.05) is 6.92 Å². The summed E-state index contributed by atoms with van der Waals surface area (Å²) in [6.07, 6.45) is -10.2. The van der Waals surface area contributed by atoms with Crippen LogP contribution in [0, 0.1) is 0 Å². The Morgan fingerprint density at radius 1 is 1.09 bits per heavy atom. The number of carbonyl (C=O) groups is 2. The Bertz CT molecular complexity index is 1050. The number of rotatable bonds is 6. The van der Waals surface area contributed by atoms with Crippen molar-refractivity contribution in [2.75, 3.05) is 11.9 Å². The average Bonchev–Trinajstić information content (AvgIpc) is 3.03. The number of aryl methyl sites for hydroxylation is 1. The maximum atomic E-state index is 13.0. The molecule has 0 fully saturated rings. The number of halogens is 6. The summed E-state index contributed by atoms with van der Waals surface area (Å²) >= 11 is 0. The molecule has 0 radical (unpaired) electrons. The van der Waals surface area contributed by atoms with Crippen LogP contribution in [0.5, 0.6) is 0 Å². The molecule has 1 aromatic carbocycles. The molecular formula is C21H22F6N4O4. The first-order valence-corrected chi connectivity index (χ1v) is 10.5. The van der Waals surface area contributed by atoms with E-state index in [0.29, 0.717) is 43.0 Å². The van der Waals surface area contributed by atoms with E-state index in [1.165, 1.54) is 4.90 Å². The summed E-state index contributed by atoms with van der Waals surface area (Å²) < 4.78 is 84.8. The van der Waals surface area contributed by atoms with Gasteiger partial charge in [0.1, 0.15) is 18.5 Å². The molecule has 8 nitrogen and oxygen atoms in total. The molecule has 1 aliphatic heterocycles. The van der Waals surface area contributed by atoms with Crippen LogP contribution in [0.4, 0.5) is 37.0 Å². The normalized spacial score (nSPS) is 15.2. The van der Waals surface area contributed by atoms with Crippen LogP contribution in [-0.2, 0) is 41.6 Å². The lowest BCUT2D eigenvalue weighted by molar-refractivity contribution is -0.143. The van der Waals surface area contributed by atoms with Crippen molar-refractivity contribution < 1.29 is 45.8 Å². The highest BCUT2D eigenvalue weighted by Gasteiger charge is 2.37. The molecule has 0 saturated heterocycles. The first-order chi connectivity index (χ1) is 16.3. The van der Waals surface area contributed by atoms with Crippen LogP contribution in [0.15, 0.2) is 24.3 Å². The zero-order chi connectivity index (χ0) is 26.0. The number of hydrogen-bond acceptors (Lipinski definition) is 5. The summed E-state index contributed by atoms with van der Waals surface area (Å²) in [4.78, 5) is 25.0. The lowest BCUT2D eigenvalue weighted by Gasteiger charge is -2.20. The molecule has 2 heterocycles. The standard InChI is InChI=1S/C21H22F6N4O4/c1-2-16(18(32)33)28-17-9-15-10-30(4-3-5-31(15)29-17)19(34)35-11-12-6-13(20(22,23)24)8-14(7-12)21(25,26)27/h6-9,16H,2-5,10-11H2,1H3,(H,28,29)(H,32,33). The third-order valence-corrected chi connectivity index (χ3v) is 5.31. The van der Waals surface area contributed by atoms with E-state index in [-0.39, 0.29) is 19.2 Å². The van der Waals surface area contributed by atoms with E-state index in [0.717, 1.165) is 0 Å². The second-order valence-corrected chi connectivity index (χ2v) is 7.93. The fraction of sp³-hybridized carbons (Fsp3) is 0.476. The number of nitrogens with one attached hydrogen (secondary N) is 1. The van der Waals surface area contributed by atoms with Crippen molar-refractivity contribution >= 4 is 17.9 Å². The minimum atomic E-state index is -5.01. The molecule has 1 atom stereocenters. The van der Waals surface area contributed by atoms with E-state index in [9.17, 15) is 41.0 Å². The van der Waals surface area contributed by atoms with Gasteiger partial charge in [-0.05, 0) is 36.6 Å². The molecule has 192 valence electrons. The van der Waals surface area contributed by atoms with Gasteiger partial charge < -0.3 is 20.1 Å². The van der Waals surface area contributed by atoms with Gasteiger partial charge in [0.2, 0.25) is 0 Å². The summed E-state index contributed by atoms with van der Waals surface area (Å²) in [6, 6.07) is 1.72. The number of aromatic nitrogens is 2. The Hall–Kier alpha value is -3.45. The van der Waals surface area contributed by atoms with Crippen LogP contribution in [0.2, 0.25) is 0 Å². The van der Waals surface area contributed by atoms with Crippen LogP contribution in [0.1, 0.15) is 42.1 Å². The molecule has 2 aromatic rings. The minimum absolute atomic E-state index is 0.000350. The highest BCUT2D eigenvalue weighted by Crippen LogP contribution is 2.36. The SMILES string of the molecule is CCC(Nc1cc2n(n1)CCCN(C(=O)OCc1cc(C(F)(F)F)cc(C(F)(F)F)c1)C2)C(=O)O. The second-order valence-electron chi connectivity index (χ2n) is 7.93. The molecule has 2 N–H and O–H groups in total. The number of fused-ring (bicyclic) bond motifs is 1. The van der Waals surface area contributed by atoms with Crippen LogP contribution in [-0.4, -0.2) is 44.4 Å². The number of ether oxygens (including phenoxy) is 1. The van der Waals surface area contributed by atoms with Crippen molar-refractivity contribution in [2.24, 2.45) is 0 Å². The van der Waals surface area contributed by atoms with E-state index in [1.54, 1.807) is 17.7 Å². The van der Waals surface area contributed by atoms with E-state index < -0.39 is 53.8 Å². The van der Waals surface area contributed by atoms with Gasteiger partial charge in [-0.15, -0.1) is 0 Å². The number of anilines is 1. The second kappa shape index (κ2) is 10.0. The zero-order valence-electron chi connectivity index (χ0n) is 18.4. The number of benzene rings is 1. The Kier molecular flexibility index (Phi) is 7.50. The summed E-state index contributed by atoms with van der Waals surface area (Å²) in [5.74, 6) is -0.753.